The molecule has 0 unspecified atom stereocenters. The standard InChI is InChI=1S/C20H14ClF8N3O2/c21-12-5-10(19(24,25)26)7-31-16(12)14(33)4-9-1-2-13(23)11(3-9)18(8-22)6-15(20(27,28)29)34-17(30)32-18/h1-3,5,7,15H,4,6,8H2,(H2,30,32)/t15-,18+/m0/s1. The molecule has 0 bridgehead atoms. The van der Waals surface area contributed by atoms with E-state index in [2.05, 4.69) is 14.7 Å². The van der Waals surface area contributed by atoms with E-state index >= 15 is 0 Å². The van der Waals surface area contributed by atoms with Gasteiger partial charge in [-0.3, -0.25) is 9.78 Å². The molecule has 34 heavy (non-hydrogen) atoms. The third-order valence-electron chi connectivity index (χ3n) is 5.03. The number of ketones is 1. The summed E-state index contributed by atoms with van der Waals surface area (Å²) in [7, 11) is 0. The van der Waals surface area contributed by atoms with Gasteiger partial charge in [-0.2, -0.15) is 26.3 Å². The number of alkyl halides is 7. The lowest BCUT2D eigenvalue weighted by Gasteiger charge is -2.36. The van der Waals surface area contributed by atoms with E-state index in [0.29, 0.717) is 12.3 Å². The van der Waals surface area contributed by atoms with Gasteiger partial charge in [-0.15, -0.1) is 0 Å². The van der Waals surface area contributed by atoms with Crippen molar-refractivity contribution in [2.45, 2.75) is 36.8 Å². The highest BCUT2D eigenvalue weighted by Crippen LogP contribution is 2.42. The van der Waals surface area contributed by atoms with Gasteiger partial charge in [-0.05, 0) is 23.8 Å². The number of aliphatic imine (C=N–C) groups is 1. The van der Waals surface area contributed by atoms with Crippen LogP contribution in [0.2, 0.25) is 5.02 Å². The Hall–Kier alpha value is -2.96. The van der Waals surface area contributed by atoms with Crippen LogP contribution < -0.4 is 5.73 Å². The van der Waals surface area contributed by atoms with Gasteiger partial charge >= 0.3 is 12.4 Å². The first-order valence-electron chi connectivity index (χ1n) is 9.36. The monoisotopic (exact) mass is 515 g/mol. The molecule has 0 saturated carbocycles. The number of carbonyl (C=O) groups is 1. The summed E-state index contributed by atoms with van der Waals surface area (Å²) < 4.78 is 111. The lowest BCUT2D eigenvalue weighted by Crippen LogP contribution is -2.48. The summed E-state index contributed by atoms with van der Waals surface area (Å²) in [5, 5.41) is -0.586. The zero-order valence-electron chi connectivity index (χ0n) is 16.8. The molecule has 5 nitrogen and oxygen atoms in total. The van der Waals surface area contributed by atoms with Gasteiger partial charge in [0.15, 0.2) is 11.9 Å². The number of nitrogens with two attached hydrogens (primary N) is 1. The number of hydrogen-bond acceptors (Lipinski definition) is 5. The van der Waals surface area contributed by atoms with Crippen LogP contribution in [0.4, 0.5) is 35.1 Å². The predicted molar refractivity (Wildman–Crippen MR) is 104 cm³/mol. The van der Waals surface area contributed by atoms with E-state index in [0.717, 1.165) is 18.2 Å². The topological polar surface area (TPSA) is 77.6 Å². The quantitative estimate of drug-likeness (QED) is 0.441. The molecule has 0 radical (unpaired) electrons. The number of amidine groups is 1. The third-order valence-corrected chi connectivity index (χ3v) is 5.31. The van der Waals surface area contributed by atoms with Crippen molar-refractivity contribution >= 4 is 23.4 Å². The number of ether oxygens (including phenoxy) is 1. The molecule has 0 aliphatic carbocycles. The van der Waals surface area contributed by atoms with Crippen LogP contribution in [0.5, 0.6) is 0 Å². The van der Waals surface area contributed by atoms with Crippen LogP contribution in [0.15, 0.2) is 35.5 Å². The second-order valence-electron chi connectivity index (χ2n) is 7.43. The molecule has 3 rings (SSSR count). The van der Waals surface area contributed by atoms with Crippen molar-refractivity contribution in [2.75, 3.05) is 6.67 Å². The van der Waals surface area contributed by atoms with Crippen molar-refractivity contribution in [3.8, 4) is 0 Å². The van der Waals surface area contributed by atoms with Gasteiger partial charge in [-0.25, -0.2) is 13.8 Å². The number of halogens is 9. The Morgan fingerprint density at radius 1 is 1.21 bits per heavy atom. The molecular weight excluding hydrogens is 502 g/mol. The van der Waals surface area contributed by atoms with E-state index < -0.39 is 83.0 Å². The number of pyridine rings is 1. The third kappa shape index (κ3) is 5.24. The Bertz CT molecular complexity index is 1140. The molecule has 0 fully saturated rings. The first-order chi connectivity index (χ1) is 15.7. The van der Waals surface area contributed by atoms with Gasteiger partial charge in [0.05, 0.1) is 10.6 Å². The summed E-state index contributed by atoms with van der Waals surface area (Å²) in [6, 6.07) is 2.33. The lowest BCUT2D eigenvalue weighted by molar-refractivity contribution is -0.209. The fourth-order valence-corrected chi connectivity index (χ4v) is 3.66. The Morgan fingerprint density at radius 3 is 2.44 bits per heavy atom. The van der Waals surface area contributed by atoms with Crippen molar-refractivity contribution in [1.82, 2.24) is 4.98 Å². The lowest BCUT2D eigenvalue weighted by atomic mass is 9.83. The minimum absolute atomic E-state index is 0.00388. The highest BCUT2D eigenvalue weighted by Gasteiger charge is 2.52. The van der Waals surface area contributed by atoms with E-state index in [4.69, 9.17) is 17.3 Å². The molecule has 1 aromatic carbocycles. The van der Waals surface area contributed by atoms with E-state index in [1.807, 2.05) is 0 Å². The fourth-order valence-electron chi connectivity index (χ4n) is 3.39. The predicted octanol–water partition coefficient (Wildman–Crippen LogP) is 5.15. The van der Waals surface area contributed by atoms with Crippen molar-refractivity contribution in [3.63, 3.8) is 0 Å². The Labute approximate surface area is 191 Å². The minimum Gasteiger partial charge on any atom is -0.452 e. The van der Waals surface area contributed by atoms with Crippen LogP contribution in [0.3, 0.4) is 0 Å². The fraction of sp³-hybridized carbons (Fsp3) is 0.350. The van der Waals surface area contributed by atoms with E-state index in [1.165, 1.54) is 0 Å². The summed E-state index contributed by atoms with van der Waals surface area (Å²) in [6.07, 6.45) is -13.5. The summed E-state index contributed by atoms with van der Waals surface area (Å²) in [5.41, 5.74) is 0.618. The highest BCUT2D eigenvalue weighted by molar-refractivity contribution is 6.33. The van der Waals surface area contributed by atoms with Crippen molar-refractivity contribution in [3.05, 3.63) is 63.7 Å². The molecule has 1 aliphatic heterocycles. The second-order valence-corrected chi connectivity index (χ2v) is 7.84. The largest absolute Gasteiger partial charge is 0.452 e. The number of benzene rings is 1. The van der Waals surface area contributed by atoms with Crippen LogP contribution in [0.1, 0.15) is 33.6 Å². The molecule has 2 N–H and O–H groups in total. The number of aromatic nitrogens is 1. The van der Waals surface area contributed by atoms with Crippen LogP contribution in [-0.4, -0.2) is 35.7 Å². The van der Waals surface area contributed by atoms with Crippen molar-refractivity contribution in [2.24, 2.45) is 10.7 Å². The molecular formula is C20H14ClF8N3O2. The molecule has 0 spiro atoms. The molecule has 2 atom stereocenters. The van der Waals surface area contributed by atoms with E-state index in [9.17, 15) is 39.9 Å². The van der Waals surface area contributed by atoms with Gasteiger partial charge in [0.25, 0.3) is 6.02 Å². The first kappa shape index (κ1) is 25.7. The van der Waals surface area contributed by atoms with Crippen LogP contribution in [-0.2, 0) is 22.9 Å². The van der Waals surface area contributed by atoms with Crippen molar-refractivity contribution < 1.29 is 44.7 Å². The minimum atomic E-state index is -4.95. The van der Waals surface area contributed by atoms with Crippen LogP contribution in [0, 0.1) is 5.82 Å². The van der Waals surface area contributed by atoms with E-state index in [1.54, 1.807) is 0 Å². The maximum atomic E-state index is 14.6. The Kier molecular flexibility index (Phi) is 6.80. The number of Topliss-reactive ketones (excluding diaryl/α,β-unsaturated/α-hetero) is 1. The molecule has 2 heterocycles. The number of rotatable bonds is 5. The highest BCUT2D eigenvalue weighted by atomic mass is 35.5. The second kappa shape index (κ2) is 9.01. The van der Waals surface area contributed by atoms with Gasteiger partial charge in [0.1, 0.15) is 23.7 Å². The van der Waals surface area contributed by atoms with Crippen LogP contribution >= 0.6 is 11.6 Å². The maximum absolute atomic E-state index is 14.6. The normalized spacial score (nSPS) is 21.1. The molecule has 184 valence electrons. The summed E-state index contributed by atoms with van der Waals surface area (Å²) in [4.78, 5) is 19.6. The number of nitrogens with zero attached hydrogens (tertiary/aromatic N) is 2. The average Bonchev–Trinajstić information content (AvgIpc) is 2.73. The first-order valence-corrected chi connectivity index (χ1v) is 9.73. The SMILES string of the molecule is NC1=N[C@](CF)(c2cc(CC(=O)c3ncc(C(F)(F)F)cc3Cl)ccc2F)C[C@@H](C(F)(F)F)O1. The number of hydrogen-bond donors (Lipinski definition) is 1. The van der Waals surface area contributed by atoms with Gasteiger partial charge in [0, 0.05) is 24.6 Å². The zero-order valence-corrected chi connectivity index (χ0v) is 17.5. The summed E-state index contributed by atoms with van der Waals surface area (Å²) in [5.74, 6) is -1.98. The molecule has 0 saturated heterocycles. The molecule has 14 heteroatoms. The summed E-state index contributed by atoms with van der Waals surface area (Å²) in [6.45, 7) is -1.57. The molecule has 1 aliphatic rings. The smallest absolute Gasteiger partial charge is 0.425 e. The van der Waals surface area contributed by atoms with Crippen LogP contribution in [0.25, 0.3) is 0 Å². The maximum Gasteiger partial charge on any atom is 0.425 e. The zero-order chi connectivity index (χ0) is 25.5. The average molecular weight is 516 g/mol. The van der Waals surface area contributed by atoms with Gasteiger partial charge in [-0.1, -0.05) is 17.7 Å². The molecule has 0 amide bonds. The van der Waals surface area contributed by atoms with Crippen molar-refractivity contribution in [1.29, 1.82) is 0 Å². The van der Waals surface area contributed by atoms with Gasteiger partial charge in [0.2, 0.25) is 0 Å². The molecule has 2 aromatic rings. The van der Waals surface area contributed by atoms with Gasteiger partial charge < -0.3 is 10.5 Å². The Balaban J connectivity index is 1.95. The Morgan fingerprint density at radius 2 is 1.88 bits per heavy atom. The number of carbonyl (C=O) groups excluding carboxylic acids is 1. The molecule has 1 aromatic heterocycles. The van der Waals surface area contributed by atoms with E-state index in [-0.39, 0.29) is 5.56 Å². The summed E-state index contributed by atoms with van der Waals surface area (Å²) >= 11 is 5.75.